The lowest BCUT2D eigenvalue weighted by molar-refractivity contribution is 0.100. The summed E-state index contributed by atoms with van der Waals surface area (Å²) in [6.07, 6.45) is 13.4. The zero-order valence-corrected chi connectivity index (χ0v) is 18.0. The molecule has 28 heavy (non-hydrogen) atoms. The Balaban J connectivity index is 0.00000190. The maximum absolute atomic E-state index is 11.9. The van der Waals surface area contributed by atoms with Crippen molar-refractivity contribution in [3.05, 3.63) is 77.0 Å². The van der Waals surface area contributed by atoms with E-state index >= 15 is 0 Å². The van der Waals surface area contributed by atoms with Crippen LogP contribution in [0.4, 0.5) is 5.69 Å². The van der Waals surface area contributed by atoms with Crippen molar-refractivity contribution in [2.24, 2.45) is 5.73 Å². The topological polar surface area (TPSA) is 82.0 Å². The fourth-order valence-corrected chi connectivity index (χ4v) is 2.70. The van der Waals surface area contributed by atoms with Crippen LogP contribution in [-0.2, 0) is 0 Å². The molecule has 0 saturated carbocycles. The summed E-state index contributed by atoms with van der Waals surface area (Å²) in [4.78, 5) is 17.2. The zero-order chi connectivity index (χ0) is 21.1. The standard InChI is InChI=1S/C21H23N3OS.C2H6/c1-4-5-15(7-6-14(2)26-3)17-12-18(16-8-10-24-11-9-16)20(22)19(13-17)21(23)25;1-2/h4-13H,22H2,1-3H3,(H2,23,25);1-2H3/b5-4-,14-6+,15-7+;. The smallest absolute Gasteiger partial charge is 0.250 e. The summed E-state index contributed by atoms with van der Waals surface area (Å²) in [6.45, 7) is 8.00. The first-order chi connectivity index (χ1) is 13.5. The van der Waals surface area contributed by atoms with Gasteiger partial charge in [0.25, 0.3) is 5.91 Å². The van der Waals surface area contributed by atoms with Crippen molar-refractivity contribution in [2.75, 3.05) is 12.0 Å². The SMILES string of the molecule is CC.C\C=C/C(=C\C=C(/C)SC)c1cc(C(N)=O)c(N)c(-c2ccncc2)c1. The van der Waals surface area contributed by atoms with Gasteiger partial charge in [-0.3, -0.25) is 9.78 Å². The van der Waals surface area contributed by atoms with Gasteiger partial charge < -0.3 is 11.5 Å². The predicted octanol–water partition coefficient (Wildman–Crippen LogP) is 5.68. The minimum Gasteiger partial charge on any atom is -0.398 e. The summed E-state index contributed by atoms with van der Waals surface area (Å²) in [5, 5.41) is 0. The maximum atomic E-state index is 11.9. The van der Waals surface area contributed by atoms with E-state index in [0.29, 0.717) is 11.3 Å². The fraction of sp³-hybridized carbons (Fsp3) is 0.217. The van der Waals surface area contributed by atoms with Gasteiger partial charge in [-0.05, 0) is 66.0 Å². The molecule has 148 valence electrons. The highest BCUT2D eigenvalue weighted by Crippen LogP contribution is 2.33. The molecule has 4 N–H and O–H groups in total. The molecule has 1 heterocycles. The van der Waals surface area contributed by atoms with E-state index in [2.05, 4.69) is 11.9 Å². The molecule has 0 bridgehead atoms. The van der Waals surface area contributed by atoms with Crippen LogP contribution >= 0.6 is 11.8 Å². The average molecular weight is 396 g/mol. The third-order valence-corrected chi connectivity index (χ3v) is 4.72. The Kier molecular flexibility index (Phi) is 9.82. The Morgan fingerprint density at radius 2 is 1.79 bits per heavy atom. The number of nitrogens with two attached hydrogens (primary N) is 2. The van der Waals surface area contributed by atoms with E-state index in [1.165, 1.54) is 4.91 Å². The van der Waals surface area contributed by atoms with Gasteiger partial charge in [0, 0.05) is 18.0 Å². The van der Waals surface area contributed by atoms with Crippen LogP contribution in [0, 0.1) is 0 Å². The van der Waals surface area contributed by atoms with Gasteiger partial charge >= 0.3 is 0 Å². The molecule has 1 amide bonds. The molecule has 0 radical (unpaired) electrons. The van der Waals surface area contributed by atoms with Gasteiger partial charge in [-0.2, -0.15) is 0 Å². The van der Waals surface area contributed by atoms with E-state index in [4.69, 9.17) is 11.5 Å². The van der Waals surface area contributed by atoms with Crippen LogP contribution in [-0.4, -0.2) is 17.1 Å². The largest absolute Gasteiger partial charge is 0.398 e. The van der Waals surface area contributed by atoms with E-state index in [1.54, 1.807) is 30.2 Å². The number of nitrogen functional groups attached to an aromatic ring is 1. The molecule has 0 aliphatic heterocycles. The number of primary amides is 1. The molecule has 2 rings (SSSR count). The van der Waals surface area contributed by atoms with Crippen molar-refractivity contribution in [3.8, 4) is 11.1 Å². The van der Waals surface area contributed by atoms with Crippen molar-refractivity contribution in [2.45, 2.75) is 27.7 Å². The van der Waals surface area contributed by atoms with Crippen molar-refractivity contribution in [1.29, 1.82) is 0 Å². The molecule has 0 unspecified atom stereocenters. The number of aromatic nitrogens is 1. The van der Waals surface area contributed by atoms with E-state index in [0.717, 1.165) is 22.3 Å². The molecule has 0 saturated heterocycles. The van der Waals surface area contributed by atoms with Gasteiger partial charge in [-0.1, -0.05) is 38.2 Å². The summed E-state index contributed by atoms with van der Waals surface area (Å²) < 4.78 is 0. The molecule has 0 fully saturated rings. The molecule has 2 aromatic rings. The monoisotopic (exact) mass is 395 g/mol. The number of thioether (sulfide) groups is 1. The van der Waals surface area contributed by atoms with Crippen LogP contribution < -0.4 is 11.5 Å². The number of pyridine rings is 1. The van der Waals surface area contributed by atoms with Crippen LogP contribution in [0.2, 0.25) is 0 Å². The first kappa shape index (κ1) is 23.2. The Morgan fingerprint density at radius 3 is 2.32 bits per heavy atom. The minimum absolute atomic E-state index is 0.315. The van der Waals surface area contributed by atoms with Crippen LogP contribution in [0.15, 0.2) is 65.9 Å². The van der Waals surface area contributed by atoms with Gasteiger partial charge in [-0.15, -0.1) is 11.8 Å². The minimum atomic E-state index is -0.546. The van der Waals surface area contributed by atoms with E-state index < -0.39 is 5.91 Å². The molecule has 1 aromatic carbocycles. The first-order valence-corrected chi connectivity index (χ1v) is 10.4. The normalized spacial score (nSPS) is 11.9. The fourth-order valence-electron chi connectivity index (χ4n) is 2.50. The van der Waals surface area contributed by atoms with Crippen molar-refractivity contribution < 1.29 is 4.79 Å². The highest BCUT2D eigenvalue weighted by molar-refractivity contribution is 8.02. The van der Waals surface area contributed by atoms with E-state index in [-0.39, 0.29) is 0 Å². The number of anilines is 1. The first-order valence-electron chi connectivity index (χ1n) is 9.17. The van der Waals surface area contributed by atoms with Gasteiger partial charge in [0.15, 0.2) is 0 Å². The summed E-state index contributed by atoms with van der Waals surface area (Å²) in [5.74, 6) is -0.546. The Morgan fingerprint density at radius 1 is 1.14 bits per heavy atom. The van der Waals surface area contributed by atoms with Crippen molar-refractivity contribution >= 4 is 28.9 Å². The quantitative estimate of drug-likeness (QED) is 0.487. The summed E-state index contributed by atoms with van der Waals surface area (Å²) >= 11 is 1.68. The third-order valence-electron chi connectivity index (χ3n) is 3.94. The van der Waals surface area contributed by atoms with Crippen LogP contribution in [0.3, 0.4) is 0 Å². The second kappa shape index (κ2) is 11.8. The molecule has 5 heteroatoms. The van der Waals surface area contributed by atoms with Crippen LogP contribution in [0.5, 0.6) is 0 Å². The van der Waals surface area contributed by atoms with Gasteiger partial charge in [0.2, 0.25) is 0 Å². The molecular formula is C23H29N3OS. The number of carbonyl (C=O) groups is 1. The average Bonchev–Trinajstić information content (AvgIpc) is 2.73. The lowest BCUT2D eigenvalue weighted by atomic mass is 9.93. The predicted molar refractivity (Wildman–Crippen MR) is 124 cm³/mol. The van der Waals surface area contributed by atoms with Crippen LogP contribution in [0.1, 0.15) is 43.6 Å². The molecule has 0 spiro atoms. The summed E-state index contributed by atoms with van der Waals surface area (Å²) in [6, 6.07) is 7.44. The summed E-state index contributed by atoms with van der Waals surface area (Å²) in [5.41, 5.74) is 16.0. The number of hydrogen-bond donors (Lipinski definition) is 2. The molecule has 0 aliphatic carbocycles. The lowest BCUT2D eigenvalue weighted by Gasteiger charge is -2.13. The van der Waals surface area contributed by atoms with Crippen molar-refractivity contribution in [3.63, 3.8) is 0 Å². The lowest BCUT2D eigenvalue weighted by Crippen LogP contribution is -2.14. The molecule has 0 atom stereocenters. The van der Waals surface area contributed by atoms with Crippen molar-refractivity contribution in [1.82, 2.24) is 4.98 Å². The Labute approximate surface area is 172 Å². The van der Waals surface area contributed by atoms with Gasteiger partial charge in [0.05, 0.1) is 11.3 Å². The summed E-state index contributed by atoms with van der Waals surface area (Å²) in [7, 11) is 0. The molecule has 0 aliphatic rings. The zero-order valence-electron chi connectivity index (χ0n) is 17.2. The highest BCUT2D eigenvalue weighted by Gasteiger charge is 2.15. The number of allylic oxidation sites excluding steroid dienone is 6. The second-order valence-electron chi connectivity index (χ2n) is 5.69. The molecule has 4 nitrogen and oxygen atoms in total. The number of benzene rings is 1. The van der Waals surface area contributed by atoms with Gasteiger partial charge in [0.1, 0.15) is 0 Å². The third kappa shape index (κ3) is 6.13. The molecular weight excluding hydrogens is 366 g/mol. The highest BCUT2D eigenvalue weighted by atomic mass is 32.2. The van der Waals surface area contributed by atoms with Gasteiger partial charge in [-0.25, -0.2) is 0 Å². The Hall–Kier alpha value is -2.79. The number of amides is 1. The Bertz CT molecular complexity index is 884. The number of rotatable bonds is 6. The van der Waals surface area contributed by atoms with Crippen LogP contribution in [0.25, 0.3) is 16.7 Å². The number of carbonyl (C=O) groups excluding carboxylic acids is 1. The molecule has 1 aromatic heterocycles. The number of nitrogens with zero attached hydrogens (tertiary/aromatic N) is 1. The van der Waals surface area contributed by atoms with E-state index in [1.807, 2.05) is 69.5 Å². The maximum Gasteiger partial charge on any atom is 0.250 e. The second-order valence-corrected chi connectivity index (χ2v) is 6.74. The van der Waals surface area contributed by atoms with E-state index in [9.17, 15) is 4.79 Å². The number of hydrogen-bond acceptors (Lipinski definition) is 4.